The molecular weight excluding hydrogens is 459 g/mol. The SMILES string of the molecule is O=C(COC(=O)c1ccc(F)c(S(=O)(=O)N2CCCCC2)c1)Nc1cccc2nsnc12. The maximum atomic E-state index is 14.3. The molecule has 0 radical (unpaired) electrons. The van der Waals surface area contributed by atoms with Crippen molar-refractivity contribution in [1.29, 1.82) is 0 Å². The first-order valence-corrected chi connectivity index (χ1v) is 12.0. The van der Waals surface area contributed by atoms with Gasteiger partial charge in [0.25, 0.3) is 5.91 Å². The van der Waals surface area contributed by atoms with E-state index in [4.69, 9.17) is 4.74 Å². The lowest BCUT2D eigenvalue weighted by Gasteiger charge is -2.26. The molecule has 168 valence electrons. The largest absolute Gasteiger partial charge is 0.452 e. The van der Waals surface area contributed by atoms with Gasteiger partial charge in [0.1, 0.15) is 21.7 Å². The Balaban J connectivity index is 1.44. The Labute approximate surface area is 187 Å². The average molecular weight is 479 g/mol. The number of esters is 1. The van der Waals surface area contributed by atoms with E-state index >= 15 is 0 Å². The molecule has 1 aliphatic heterocycles. The summed E-state index contributed by atoms with van der Waals surface area (Å²) in [6.07, 6.45) is 2.31. The Bertz CT molecular complexity index is 1270. The van der Waals surface area contributed by atoms with Gasteiger partial charge in [0.05, 0.1) is 23.0 Å². The number of carbonyl (C=O) groups is 2. The van der Waals surface area contributed by atoms with Crippen LogP contribution in [0.25, 0.3) is 11.0 Å². The number of sulfonamides is 1. The van der Waals surface area contributed by atoms with Crippen LogP contribution >= 0.6 is 11.7 Å². The second-order valence-electron chi connectivity index (χ2n) is 7.17. The van der Waals surface area contributed by atoms with Crippen molar-refractivity contribution in [2.24, 2.45) is 0 Å². The molecule has 0 unspecified atom stereocenters. The number of fused-ring (bicyclic) bond motifs is 1. The van der Waals surface area contributed by atoms with E-state index in [0.29, 0.717) is 42.7 Å². The fourth-order valence-corrected chi connectivity index (χ4v) is 5.54. The first kappa shape index (κ1) is 22.2. The molecule has 3 aromatic rings. The van der Waals surface area contributed by atoms with Gasteiger partial charge in [-0.25, -0.2) is 17.6 Å². The lowest BCUT2D eigenvalue weighted by molar-refractivity contribution is -0.119. The number of piperidine rings is 1. The molecule has 1 saturated heterocycles. The van der Waals surface area contributed by atoms with E-state index in [-0.39, 0.29) is 5.56 Å². The minimum atomic E-state index is -4.08. The molecule has 0 bridgehead atoms. The molecule has 0 atom stereocenters. The summed E-state index contributed by atoms with van der Waals surface area (Å²) in [5.41, 5.74) is 1.40. The van der Waals surface area contributed by atoms with Gasteiger partial charge in [0.2, 0.25) is 10.0 Å². The van der Waals surface area contributed by atoms with Gasteiger partial charge >= 0.3 is 5.97 Å². The molecule has 32 heavy (non-hydrogen) atoms. The zero-order chi connectivity index (χ0) is 22.7. The number of amides is 1. The standard InChI is InChI=1S/C20H19FN4O5S2/c21-14-8-7-13(11-17(14)32(28,29)25-9-2-1-3-10-25)20(27)30-12-18(26)22-15-5-4-6-16-19(15)24-31-23-16/h4-8,11H,1-3,9-10,12H2,(H,22,26). The average Bonchev–Trinajstić information content (AvgIpc) is 3.28. The number of rotatable bonds is 6. The maximum absolute atomic E-state index is 14.3. The van der Waals surface area contributed by atoms with Crippen LogP contribution in [-0.4, -0.2) is 53.0 Å². The fourth-order valence-electron chi connectivity index (χ4n) is 3.38. The predicted molar refractivity (Wildman–Crippen MR) is 115 cm³/mol. The Hall–Kier alpha value is -2.96. The third-order valence-corrected chi connectivity index (χ3v) is 7.45. The minimum Gasteiger partial charge on any atom is -0.452 e. The van der Waals surface area contributed by atoms with Crippen LogP contribution in [0.4, 0.5) is 10.1 Å². The summed E-state index contributed by atoms with van der Waals surface area (Å²) in [6.45, 7) is -0.00582. The van der Waals surface area contributed by atoms with Gasteiger partial charge in [-0.3, -0.25) is 4.79 Å². The first-order valence-electron chi connectivity index (χ1n) is 9.84. The van der Waals surface area contributed by atoms with Gasteiger partial charge in [0.15, 0.2) is 6.61 Å². The number of nitrogens with one attached hydrogen (secondary N) is 1. The predicted octanol–water partition coefficient (Wildman–Crippen LogP) is 2.80. The van der Waals surface area contributed by atoms with Crippen LogP contribution in [0.15, 0.2) is 41.3 Å². The van der Waals surface area contributed by atoms with Crippen molar-refractivity contribution in [3.05, 3.63) is 47.8 Å². The molecule has 1 N–H and O–H groups in total. The highest BCUT2D eigenvalue weighted by Crippen LogP contribution is 2.24. The minimum absolute atomic E-state index is 0.166. The summed E-state index contributed by atoms with van der Waals surface area (Å²) >= 11 is 1.00. The molecule has 12 heteroatoms. The van der Waals surface area contributed by atoms with E-state index in [1.165, 1.54) is 4.31 Å². The van der Waals surface area contributed by atoms with Crippen LogP contribution in [0.2, 0.25) is 0 Å². The van der Waals surface area contributed by atoms with Crippen LogP contribution in [0, 0.1) is 5.82 Å². The zero-order valence-electron chi connectivity index (χ0n) is 16.8. The van der Waals surface area contributed by atoms with E-state index in [9.17, 15) is 22.4 Å². The summed E-state index contributed by atoms with van der Waals surface area (Å²) in [5.74, 6) is -2.50. The lowest BCUT2D eigenvalue weighted by atomic mass is 10.2. The molecule has 1 fully saturated rings. The van der Waals surface area contributed by atoms with Crippen LogP contribution in [0.3, 0.4) is 0 Å². The summed E-state index contributed by atoms with van der Waals surface area (Å²) in [7, 11) is -4.08. The number of carbonyl (C=O) groups excluding carboxylic acids is 2. The molecule has 1 aliphatic rings. The zero-order valence-corrected chi connectivity index (χ0v) is 18.4. The molecule has 2 aromatic carbocycles. The number of hydrogen-bond acceptors (Lipinski definition) is 8. The van der Waals surface area contributed by atoms with Gasteiger partial charge in [-0.05, 0) is 43.2 Å². The molecule has 2 heterocycles. The Morgan fingerprint density at radius 3 is 2.69 bits per heavy atom. The highest BCUT2D eigenvalue weighted by molar-refractivity contribution is 7.89. The summed E-state index contributed by atoms with van der Waals surface area (Å²) in [5, 5.41) is 2.59. The summed E-state index contributed by atoms with van der Waals surface area (Å²) in [6, 6.07) is 8.06. The number of benzene rings is 2. The quantitative estimate of drug-likeness (QED) is 0.541. The third kappa shape index (κ3) is 4.61. The van der Waals surface area contributed by atoms with Gasteiger partial charge in [-0.2, -0.15) is 13.1 Å². The highest BCUT2D eigenvalue weighted by Gasteiger charge is 2.29. The number of hydrogen-bond donors (Lipinski definition) is 1. The van der Waals surface area contributed by atoms with Crippen molar-refractivity contribution < 1.29 is 27.1 Å². The lowest BCUT2D eigenvalue weighted by Crippen LogP contribution is -2.36. The van der Waals surface area contributed by atoms with Crippen LogP contribution in [0.1, 0.15) is 29.6 Å². The maximum Gasteiger partial charge on any atom is 0.338 e. The van der Waals surface area contributed by atoms with Crippen LogP contribution in [-0.2, 0) is 19.6 Å². The van der Waals surface area contributed by atoms with Crippen LogP contribution in [0.5, 0.6) is 0 Å². The molecule has 0 saturated carbocycles. The van der Waals surface area contributed by atoms with Crippen molar-refractivity contribution in [1.82, 2.24) is 13.1 Å². The Morgan fingerprint density at radius 2 is 1.91 bits per heavy atom. The van der Waals surface area contributed by atoms with E-state index in [1.807, 2.05) is 0 Å². The van der Waals surface area contributed by atoms with Gasteiger partial charge in [-0.15, -0.1) is 0 Å². The van der Waals surface area contributed by atoms with Crippen molar-refractivity contribution in [2.45, 2.75) is 24.2 Å². The summed E-state index contributed by atoms with van der Waals surface area (Å²) in [4.78, 5) is 24.0. The van der Waals surface area contributed by atoms with Crippen molar-refractivity contribution in [3.63, 3.8) is 0 Å². The fraction of sp³-hybridized carbons (Fsp3) is 0.300. The Morgan fingerprint density at radius 1 is 1.12 bits per heavy atom. The summed E-state index contributed by atoms with van der Waals surface area (Å²) < 4.78 is 54.3. The smallest absolute Gasteiger partial charge is 0.338 e. The normalized spacial score (nSPS) is 14.9. The molecule has 1 aromatic heterocycles. The van der Waals surface area contributed by atoms with Gasteiger partial charge in [-0.1, -0.05) is 12.5 Å². The monoisotopic (exact) mass is 478 g/mol. The number of nitrogens with zero attached hydrogens (tertiary/aromatic N) is 3. The molecule has 0 spiro atoms. The molecule has 4 rings (SSSR count). The van der Waals surface area contributed by atoms with E-state index in [2.05, 4.69) is 14.1 Å². The highest BCUT2D eigenvalue weighted by atomic mass is 32.2. The number of aromatic nitrogens is 2. The molecule has 0 aliphatic carbocycles. The topological polar surface area (TPSA) is 119 Å². The molecule has 9 nitrogen and oxygen atoms in total. The van der Waals surface area contributed by atoms with Gasteiger partial charge < -0.3 is 10.1 Å². The van der Waals surface area contributed by atoms with Crippen molar-refractivity contribution in [3.8, 4) is 0 Å². The van der Waals surface area contributed by atoms with Crippen molar-refractivity contribution in [2.75, 3.05) is 25.0 Å². The van der Waals surface area contributed by atoms with Gasteiger partial charge in [0, 0.05) is 13.1 Å². The molecular formula is C20H19FN4O5S2. The van der Waals surface area contributed by atoms with Crippen molar-refractivity contribution >= 4 is 50.3 Å². The van der Waals surface area contributed by atoms with E-state index < -0.39 is 39.2 Å². The number of anilines is 1. The Kier molecular flexibility index (Phi) is 6.44. The van der Waals surface area contributed by atoms with E-state index in [1.54, 1.807) is 18.2 Å². The first-order chi connectivity index (χ1) is 15.4. The number of ether oxygens (including phenoxy) is 1. The van der Waals surface area contributed by atoms with E-state index in [0.717, 1.165) is 36.3 Å². The second kappa shape index (κ2) is 9.27. The van der Waals surface area contributed by atoms with Crippen LogP contribution < -0.4 is 5.32 Å². The third-order valence-electron chi connectivity index (χ3n) is 4.99. The second-order valence-corrected chi connectivity index (χ2v) is 9.61. The number of halogens is 1. The molecule has 1 amide bonds.